The van der Waals surface area contributed by atoms with Crippen LogP contribution in [0, 0.1) is 0 Å². The summed E-state index contributed by atoms with van der Waals surface area (Å²) in [7, 11) is 1.83. The lowest BCUT2D eigenvalue weighted by Gasteiger charge is -1.97. The Labute approximate surface area is 86.6 Å². The number of aromatic nitrogens is 3. The molecule has 0 bridgehead atoms. The van der Waals surface area contributed by atoms with E-state index in [2.05, 4.69) is 10.3 Å². The van der Waals surface area contributed by atoms with Crippen molar-refractivity contribution >= 4 is 0 Å². The summed E-state index contributed by atoms with van der Waals surface area (Å²) >= 11 is 0. The van der Waals surface area contributed by atoms with E-state index in [0.29, 0.717) is 24.7 Å². The van der Waals surface area contributed by atoms with Gasteiger partial charge in [0.1, 0.15) is 6.61 Å². The molecular weight excluding hydrogens is 196 g/mol. The zero-order valence-corrected chi connectivity index (χ0v) is 8.38. The van der Waals surface area contributed by atoms with Crippen molar-refractivity contribution in [3.8, 4) is 5.75 Å². The van der Waals surface area contributed by atoms with Crippen LogP contribution in [-0.4, -0.2) is 14.9 Å². The molecule has 15 heavy (non-hydrogen) atoms. The van der Waals surface area contributed by atoms with Gasteiger partial charge in [-0.3, -0.25) is 4.68 Å². The van der Waals surface area contributed by atoms with Gasteiger partial charge in [0.25, 0.3) is 0 Å². The van der Waals surface area contributed by atoms with E-state index in [0.717, 1.165) is 5.69 Å². The fourth-order valence-electron chi connectivity index (χ4n) is 1.15. The van der Waals surface area contributed by atoms with Gasteiger partial charge in [-0.05, 0) is 0 Å². The van der Waals surface area contributed by atoms with E-state index in [-0.39, 0.29) is 0 Å². The molecule has 6 heteroatoms. The summed E-state index contributed by atoms with van der Waals surface area (Å²) in [5.41, 5.74) is 6.12. The Morgan fingerprint density at radius 1 is 1.60 bits per heavy atom. The lowest BCUT2D eigenvalue weighted by molar-refractivity contribution is 0.248. The largest absolute Gasteiger partial charge is 0.482 e. The quantitative estimate of drug-likeness (QED) is 0.788. The van der Waals surface area contributed by atoms with Gasteiger partial charge in [-0.15, -0.1) is 0 Å². The van der Waals surface area contributed by atoms with E-state index in [1.54, 1.807) is 23.1 Å². The number of hydrogen-bond donors (Lipinski definition) is 1. The van der Waals surface area contributed by atoms with Gasteiger partial charge >= 0.3 is 0 Å². The van der Waals surface area contributed by atoms with Crippen molar-refractivity contribution in [2.75, 3.05) is 0 Å². The maximum absolute atomic E-state index is 5.41. The molecule has 0 unspecified atom stereocenters. The number of nitrogens with zero attached hydrogens (tertiary/aromatic N) is 3. The van der Waals surface area contributed by atoms with Crippen molar-refractivity contribution in [2.45, 2.75) is 13.2 Å². The van der Waals surface area contributed by atoms with E-state index < -0.39 is 0 Å². The molecule has 0 fully saturated rings. The van der Waals surface area contributed by atoms with Crippen LogP contribution in [0.2, 0.25) is 0 Å². The molecule has 0 saturated carbocycles. The van der Waals surface area contributed by atoms with Crippen LogP contribution in [-0.2, 0) is 20.2 Å². The molecular formula is C9H12N4O2. The molecule has 2 aromatic heterocycles. The highest BCUT2D eigenvalue weighted by molar-refractivity contribution is 5.12. The van der Waals surface area contributed by atoms with Crippen molar-refractivity contribution in [1.82, 2.24) is 14.9 Å². The first-order valence-corrected chi connectivity index (χ1v) is 4.54. The lowest BCUT2D eigenvalue weighted by Crippen LogP contribution is -1.95. The Balaban J connectivity index is 1.93. The third-order valence-electron chi connectivity index (χ3n) is 1.88. The van der Waals surface area contributed by atoms with Crippen LogP contribution in [0.1, 0.15) is 11.5 Å². The summed E-state index contributed by atoms with van der Waals surface area (Å²) in [4.78, 5) is 0. The van der Waals surface area contributed by atoms with Crippen LogP contribution in [0.25, 0.3) is 0 Å². The first-order chi connectivity index (χ1) is 7.28. The minimum atomic E-state index is 0.332. The molecule has 0 amide bonds. The van der Waals surface area contributed by atoms with Crippen LogP contribution >= 0.6 is 0 Å². The third kappa shape index (κ3) is 2.35. The highest BCUT2D eigenvalue weighted by Crippen LogP contribution is 2.11. The molecule has 80 valence electrons. The summed E-state index contributed by atoms with van der Waals surface area (Å²) in [5.74, 6) is 1.35. The first-order valence-electron chi connectivity index (χ1n) is 4.54. The Hall–Kier alpha value is -1.82. The second-order valence-corrected chi connectivity index (χ2v) is 3.13. The summed E-state index contributed by atoms with van der Waals surface area (Å²) in [6.45, 7) is 0.703. The second kappa shape index (κ2) is 4.14. The minimum Gasteiger partial charge on any atom is -0.482 e. The molecule has 2 heterocycles. The Bertz CT molecular complexity index is 435. The lowest BCUT2D eigenvalue weighted by atomic mass is 10.4. The molecule has 0 radical (unpaired) electrons. The van der Waals surface area contributed by atoms with Gasteiger partial charge in [0, 0.05) is 19.7 Å². The van der Waals surface area contributed by atoms with E-state index in [1.165, 1.54) is 0 Å². The topological polar surface area (TPSA) is 79.1 Å². The number of hydrogen-bond acceptors (Lipinski definition) is 5. The van der Waals surface area contributed by atoms with Gasteiger partial charge in [-0.1, -0.05) is 5.16 Å². The third-order valence-corrected chi connectivity index (χ3v) is 1.88. The molecule has 0 aliphatic heterocycles. The SMILES string of the molecule is Cn1cc(OCc2cc(CN)no2)cn1. The van der Waals surface area contributed by atoms with E-state index in [1.807, 2.05) is 7.05 Å². The normalized spacial score (nSPS) is 10.5. The maximum Gasteiger partial charge on any atom is 0.174 e. The predicted molar refractivity (Wildman–Crippen MR) is 51.9 cm³/mol. The van der Waals surface area contributed by atoms with Gasteiger partial charge in [-0.2, -0.15) is 5.10 Å². The summed E-state index contributed by atoms with van der Waals surface area (Å²) in [5, 5.41) is 7.73. The molecule has 0 atom stereocenters. The van der Waals surface area contributed by atoms with Crippen LogP contribution < -0.4 is 10.5 Å². The van der Waals surface area contributed by atoms with Gasteiger partial charge in [0.15, 0.2) is 11.5 Å². The number of ether oxygens (including phenoxy) is 1. The van der Waals surface area contributed by atoms with E-state index in [4.69, 9.17) is 15.0 Å². The minimum absolute atomic E-state index is 0.332. The molecule has 0 aliphatic rings. The Morgan fingerprint density at radius 2 is 2.47 bits per heavy atom. The van der Waals surface area contributed by atoms with Crippen molar-refractivity contribution in [3.05, 3.63) is 29.9 Å². The monoisotopic (exact) mass is 208 g/mol. The van der Waals surface area contributed by atoms with E-state index >= 15 is 0 Å². The summed E-state index contributed by atoms with van der Waals surface area (Å²) < 4.78 is 12.1. The van der Waals surface area contributed by atoms with Crippen LogP contribution in [0.15, 0.2) is 23.0 Å². The predicted octanol–water partition coefficient (Wildman–Crippen LogP) is 0.446. The Morgan fingerprint density at radius 3 is 3.07 bits per heavy atom. The van der Waals surface area contributed by atoms with Crippen molar-refractivity contribution in [1.29, 1.82) is 0 Å². The van der Waals surface area contributed by atoms with E-state index in [9.17, 15) is 0 Å². The van der Waals surface area contributed by atoms with Crippen molar-refractivity contribution in [2.24, 2.45) is 12.8 Å². The zero-order chi connectivity index (χ0) is 10.7. The average Bonchev–Trinajstić information content (AvgIpc) is 2.83. The standard InChI is InChI=1S/C9H12N4O2/c1-13-5-9(4-11-13)14-6-8-2-7(3-10)12-15-8/h2,4-5H,3,6,10H2,1H3. The van der Waals surface area contributed by atoms with Crippen molar-refractivity contribution < 1.29 is 9.26 Å². The van der Waals surface area contributed by atoms with Gasteiger partial charge in [-0.25, -0.2) is 0 Å². The van der Waals surface area contributed by atoms with Gasteiger partial charge < -0.3 is 15.0 Å². The fourth-order valence-corrected chi connectivity index (χ4v) is 1.15. The summed E-state index contributed by atoms with van der Waals surface area (Å²) in [6.07, 6.45) is 3.42. The van der Waals surface area contributed by atoms with Crippen LogP contribution in [0.4, 0.5) is 0 Å². The fraction of sp³-hybridized carbons (Fsp3) is 0.333. The molecule has 2 N–H and O–H groups in total. The summed E-state index contributed by atoms with van der Waals surface area (Å²) in [6, 6.07) is 1.77. The maximum atomic E-state index is 5.41. The highest BCUT2D eigenvalue weighted by Gasteiger charge is 2.04. The molecule has 0 aliphatic carbocycles. The molecule has 0 aromatic carbocycles. The molecule has 0 saturated heterocycles. The van der Waals surface area contributed by atoms with Gasteiger partial charge in [0.05, 0.1) is 18.1 Å². The van der Waals surface area contributed by atoms with Crippen LogP contribution in [0.3, 0.4) is 0 Å². The molecule has 2 aromatic rings. The highest BCUT2D eigenvalue weighted by atomic mass is 16.5. The second-order valence-electron chi connectivity index (χ2n) is 3.13. The van der Waals surface area contributed by atoms with Crippen molar-refractivity contribution in [3.63, 3.8) is 0 Å². The zero-order valence-electron chi connectivity index (χ0n) is 8.38. The first kappa shape index (κ1) is 9.72. The molecule has 0 spiro atoms. The molecule has 6 nitrogen and oxygen atoms in total. The smallest absolute Gasteiger partial charge is 0.174 e. The van der Waals surface area contributed by atoms with Crippen LogP contribution in [0.5, 0.6) is 5.75 Å². The number of aryl methyl sites for hydroxylation is 1. The Kier molecular flexibility index (Phi) is 2.68. The number of rotatable bonds is 4. The average molecular weight is 208 g/mol. The van der Waals surface area contributed by atoms with Gasteiger partial charge in [0.2, 0.25) is 0 Å². The number of nitrogens with two attached hydrogens (primary N) is 1. The molecule has 2 rings (SSSR count).